The number of anilines is 1. The van der Waals surface area contributed by atoms with E-state index in [0.29, 0.717) is 18.8 Å². The molecule has 2 aromatic carbocycles. The van der Waals surface area contributed by atoms with Crippen molar-refractivity contribution in [3.63, 3.8) is 0 Å². The third-order valence-electron chi connectivity index (χ3n) is 4.58. The number of ether oxygens (including phenoxy) is 2. The number of nitrogens with zero attached hydrogens (tertiary/aromatic N) is 3. The number of carbonyl (C=O) groups is 1. The summed E-state index contributed by atoms with van der Waals surface area (Å²) in [6.45, 7) is 3.09. The van der Waals surface area contributed by atoms with Crippen molar-refractivity contribution >= 4 is 40.9 Å². The van der Waals surface area contributed by atoms with Gasteiger partial charge in [0.25, 0.3) is 5.69 Å². The Hall–Kier alpha value is -3.23. The summed E-state index contributed by atoms with van der Waals surface area (Å²) in [7, 11) is 0. The van der Waals surface area contributed by atoms with E-state index in [2.05, 4.69) is 9.89 Å². The van der Waals surface area contributed by atoms with Crippen LogP contribution < -0.4 is 4.90 Å². The van der Waals surface area contributed by atoms with Crippen LogP contribution in [-0.2, 0) is 14.3 Å². The lowest BCUT2D eigenvalue weighted by Gasteiger charge is -2.28. The van der Waals surface area contributed by atoms with Crippen LogP contribution in [0.3, 0.4) is 0 Å². The molecule has 0 radical (unpaired) electrons. The fraction of sp³-hybridized carbons (Fsp3) is 0.200. The molecule has 8 nitrogen and oxygen atoms in total. The summed E-state index contributed by atoms with van der Waals surface area (Å²) in [5.74, 6) is -0.610. The van der Waals surface area contributed by atoms with Gasteiger partial charge in [0.15, 0.2) is 5.70 Å². The van der Waals surface area contributed by atoms with Crippen LogP contribution in [0.25, 0.3) is 6.08 Å². The molecule has 0 aromatic heterocycles. The van der Waals surface area contributed by atoms with Gasteiger partial charge in [-0.15, -0.1) is 0 Å². The van der Waals surface area contributed by atoms with Crippen molar-refractivity contribution in [1.29, 1.82) is 0 Å². The number of halogens is 1. The molecular formula is C20H16ClN3O5. The lowest BCUT2D eigenvalue weighted by molar-refractivity contribution is -0.384. The Balaban J connectivity index is 1.56. The fourth-order valence-electron chi connectivity index (χ4n) is 3.08. The fourth-order valence-corrected chi connectivity index (χ4v) is 3.27. The molecule has 0 saturated carbocycles. The summed E-state index contributed by atoms with van der Waals surface area (Å²) in [6.07, 6.45) is 1.61. The Morgan fingerprint density at radius 1 is 1.14 bits per heavy atom. The van der Waals surface area contributed by atoms with Crippen LogP contribution in [0.4, 0.5) is 11.4 Å². The first-order chi connectivity index (χ1) is 14.0. The van der Waals surface area contributed by atoms with Crippen molar-refractivity contribution in [2.24, 2.45) is 4.99 Å². The maximum absolute atomic E-state index is 12.2. The SMILES string of the molecule is O=C1OC(c2ccc(Cl)c([N+](=O)[O-])c2)=N/C1=C\c1ccc(N2CCOCC2)cc1. The number of carbonyl (C=O) groups excluding carboxylic acids is 1. The van der Waals surface area contributed by atoms with Gasteiger partial charge in [0, 0.05) is 30.4 Å². The van der Waals surface area contributed by atoms with Gasteiger partial charge in [-0.1, -0.05) is 23.7 Å². The van der Waals surface area contributed by atoms with Crippen LogP contribution in [-0.4, -0.2) is 43.1 Å². The molecule has 2 aliphatic heterocycles. The summed E-state index contributed by atoms with van der Waals surface area (Å²) >= 11 is 5.82. The highest BCUT2D eigenvalue weighted by molar-refractivity contribution is 6.32. The van der Waals surface area contributed by atoms with E-state index >= 15 is 0 Å². The molecule has 9 heteroatoms. The maximum atomic E-state index is 12.2. The Morgan fingerprint density at radius 3 is 2.55 bits per heavy atom. The van der Waals surface area contributed by atoms with Crippen LogP contribution >= 0.6 is 11.6 Å². The minimum Gasteiger partial charge on any atom is -0.402 e. The topological polar surface area (TPSA) is 94.3 Å². The number of nitro groups is 1. The van der Waals surface area contributed by atoms with Crippen molar-refractivity contribution in [3.8, 4) is 0 Å². The van der Waals surface area contributed by atoms with Gasteiger partial charge >= 0.3 is 5.97 Å². The zero-order valence-corrected chi connectivity index (χ0v) is 16.0. The molecule has 0 unspecified atom stereocenters. The van der Waals surface area contributed by atoms with Gasteiger partial charge in [0.05, 0.1) is 18.1 Å². The Morgan fingerprint density at radius 2 is 1.86 bits per heavy atom. The monoisotopic (exact) mass is 413 g/mol. The van der Waals surface area contributed by atoms with E-state index in [4.69, 9.17) is 21.1 Å². The summed E-state index contributed by atoms with van der Waals surface area (Å²) in [6, 6.07) is 11.9. The summed E-state index contributed by atoms with van der Waals surface area (Å²) < 4.78 is 10.5. The highest BCUT2D eigenvalue weighted by Crippen LogP contribution is 2.28. The number of benzene rings is 2. The molecular weight excluding hydrogens is 398 g/mol. The van der Waals surface area contributed by atoms with Gasteiger partial charge in [-0.05, 0) is 35.9 Å². The minimum atomic E-state index is -0.616. The number of morpholine rings is 1. The van der Waals surface area contributed by atoms with E-state index in [-0.39, 0.29) is 22.3 Å². The largest absolute Gasteiger partial charge is 0.402 e. The molecule has 0 bridgehead atoms. The Kier molecular flexibility index (Phi) is 5.28. The van der Waals surface area contributed by atoms with Gasteiger partial charge in [0.1, 0.15) is 5.02 Å². The van der Waals surface area contributed by atoms with Gasteiger partial charge in [0.2, 0.25) is 5.90 Å². The lowest BCUT2D eigenvalue weighted by Crippen LogP contribution is -2.36. The first-order valence-electron chi connectivity index (χ1n) is 8.91. The van der Waals surface area contributed by atoms with E-state index in [1.54, 1.807) is 6.08 Å². The van der Waals surface area contributed by atoms with Crippen molar-refractivity contribution < 1.29 is 19.2 Å². The molecule has 4 rings (SSSR count). The number of esters is 1. The minimum absolute atomic E-state index is 0.000188. The maximum Gasteiger partial charge on any atom is 0.363 e. The molecule has 0 atom stereocenters. The molecule has 2 aromatic rings. The van der Waals surface area contributed by atoms with Crippen molar-refractivity contribution in [3.05, 3.63) is 74.4 Å². The third kappa shape index (κ3) is 4.13. The molecule has 0 spiro atoms. The molecule has 0 aliphatic carbocycles. The lowest BCUT2D eigenvalue weighted by atomic mass is 10.1. The standard InChI is InChI=1S/C20H16ClN3O5/c21-16-6-3-14(12-18(16)24(26)27)19-22-17(20(25)29-19)11-13-1-4-15(5-2-13)23-7-9-28-10-8-23/h1-6,11-12H,7-10H2/b17-11-. The van der Waals surface area contributed by atoms with Gasteiger partial charge in [-0.3, -0.25) is 10.1 Å². The zero-order chi connectivity index (χ0) is 20.4. The van der Waals surface area contributed by atoms with Gasteiger partial charge in [-0.2, -0.15) is 0 Å². The molecule has 0 N–H and O–H groups in total. The second-order valence-corrected chi connectivity index (χ2v) is 6.86. The molecule has 148 valence electrons. The number of rotatable bonds is 4. The van der Waals surface area contributed by atoms with Crippen LogP contribution in [0.2, 0.25) is 5.02 Å². The van der Waals surface area contributed by atoms with E-state index in [0.717, 1.165) is 24.3 Å². The summed E-state index contributed by atoms with van der Waals surface area (Å²) in [5.41, 5.74) is 2.03. The van der Waals surface area contributed by atoms with E-state index in [1.165, 1.54) is 18.2 Å². The normalized spacial score (nSPS) is 18.0. The van der Waals surface area contributed by atoms with E-state index in [9.17, 15) is 14.9 Å². The first kappa shape index (κ1) is 19.1. The predicted octanol–water partition coefficient (Wildman–Crippen LogP) is 3.43. The van der Waals surface area contributed by atoms with Gasteiger partial charge < -0.3 is 14.4 Å². The number of cyclic esters (lactones) is 1. The number of nitro benzene ring substituents is 1. The molecule has 2 heterocycles. The molecule has 29 heavy (non-hydrogen) atoms. The summed E-state index contributed by atoms with van der Waals surface area (Å²) in [5, 5.41) is 11.1. The highest BCUT2D eigenvalue weighted by Gasteiger charge is 2.26. The average Bonchev–Trinajstić information content (AvgIpc) is 3.09. The second-order valence-electron chi connectivity index (χ2n) is 6.45. The molecule has 2 aliphatic rings. The van der Waals surface area contributed by atoms with Crippen LogP contribution in [0, 0.1) is 10.1 Å². The van der Waals surface area contributed by atoms with Crippen LogP contribution in [0.5, 0.6) is 0 Å². The molecule has 1 saturated heterocycles. The van der Waals surface area contributed by atoms with Gasteiger partial charge in [-0.25, -0.2) is 9.79 Å². The van der Waals surface area contributed by atoms with Crippen molar-refractivity contribution in [2.45, 2.75) is 0 Å². The molecule has 1 fully saturated rings. The highest BCUT2D eigenvalue weighted by atomic mass is 35.5. The average molecular weight is 414 g/mol. The third-order valence-corrected chi connectivity index (χ3v) is 4.90. The zero-order valence-electron chi connectivity index (χ0n) is 15.2. The molecule has 0 amide bonds. The number of hydrogen-bond acceptors (Lipinski definition) is 7. The first-order valence-corrected chi connectivity index (χ1v) is 9.29. The van der Waals surface area contributed by atoms with E-state index < -0.39 is 10.9 Å². The van der Waals surface area contributed by atoms with Crippen molar-refractivity contribution in [1.82, 2.24) is 0 Å². The van der Waals surface area contributed by atoms with Crippen LogP contribution in [0.15, 0.2) is 53.2 Å². The van der Waals surface area contributed by atoms with Crippen molar-refractivity contribution in [2.75, 3.05) is 31.2 Å². The van der Waals surface area contributed by atoms with Crippen LogP contribution in [0.1, 0.15) is 11.1 Å². The number of hydrogen-bond donors (Lipinski definition) is 0. The smallest absolute Gasteiger partial charge is 0.363 e. The predicted molar refractivity (Wildman–Crippen MR) is 108 cm³/mol. The summed E-state index contributed by atoms with van der Waals surface area (Å²) in [4.78, 5) is 29.0. The van der Waals surface area contributed by atoms with E-state index in [1.807, 2.05) is 24.3 Å². The number of aliphatic imine (C=N–C) groups is 1. The Bertz CT molecular complexity index is 1030. The quantitative estimate of drug-likeness (QED) is 0.330. The second kappa shape index (κ2) is 8.02. The Labute approximate surface area is 171 Å².